The topological polar surface area (TPSA) is 17.8 Å². The highest BCUT2D eigenvalue weighted by atomic mass is 35.5. The van der Waals surface area contributed by atoms with Crippen LogP contribution in [-0.2, 0) is 6.54 Å². The summed E-state index contributed by atoms with van der Waals surface area (Å²) in [4.78, 5) is 0. The first-order chi connectivity index (χ1) is 8.22. The van der Waals surface area contributed by atoms with Gasteiger partial charge in [-0.15, -0.1) is 0 Å². The first-order valence-corrected chi connectivity index (χ1v) is 6.45. The molecule has 1 aromatic heterocycles. The van der Waals surface area contributed by atoms with Crippen LogP contribution in [0.2, 0.25) is 10.2 Å². The molecule has 0 saturated heterocycles. The van der Waals surface area contributed by atoms with Gasteiger partial charge in [0.2, 0.25) is 0 Å². The largest absolute Gasteiger partial charge is 0.249 e. The van der Waals surface area contributed by atoms with Crippen molar-refractivity contribution in [2.75, 3.05) is 0 Å². The zero-order valence-corrected chi connectivity index (χ0v) is 10.7. The molecule has 1 aromatic carbocycles. The summed E-state index contributed by atoms with van der Waals surface area (Å²) in [5.74, 6) is 0.638. The fourth-order valence-electron chi connectivity index (χ4n) is 1.86. The maximum Gasteiger partial charge on any atom is 0.127 e. The number of nitrogens with zero attached hydrogens (tertiary/aromatic N) is 2. The van der Waals surface area contributed by atoms with Crippen molar-refractivity contribution in [3.63, 3.8) is 0 Å². The molecule has 1 fully saturated rings. The van der Waals surface area contributed by atoms with E-state index in [1.807, 2.05) is 35.0 Å². The van der Waals surface area contributed by atoms with Gasteiger partial charge in [0.15, 0.2) is 0 Å². The van der Waals surface area contributed by atoms with Gasteiger partial charge in [-0.25, -0.2) is 4.68 Å². The fourth-order valence-corrected chi connectivity index (χ4v) is 2.20. The molecule has 0 radical (unpaired) electrons. The summed E-state index contributed by atoms with van der Waals surface area (Å²) >= 11 is 12.0. The summed E-state index contributed by atoms with van der Waals surface area (Å²) in [6.07, 6.45) is 2.49. The third kappa shape index (κ3) is 2.48. The average molecular weight is 267 g/mol. The third-order valence-electron chi connectivity index (χ3n) is 2.99. The molecule has 1 aliphatic rings. The van der Waals surface area contributed by atoms with Crippen LogP contribution in [0.15, 0.2) is 30.3 Å². The molecule has 0 atom stereocenters. The van der Waals surface area contributed by atoms with Gasteiger partial charge < -0.3 is 0 Å². The summed E-state index contributed by atoms with van der Waals surface area (Å²) in [6, 6.07) is 9.75. The van der Waals surface area contributed by atoms with Crippen LogP contribution in [0.4, 0.5) is 0 Å². The van der Waals surface area contributed by atoms with Crippen LogP contribution in [0.1, 0.15) is 30.0 Å². The maximum atomic E-state index is 6.17. The normalized spacial score (nSPS) is 15.2. The second-order valence-corrected chi connectivity index (χ2v) is 5.27. The molecule has 3 rings (SSSR count). The molecule has 17 heavy (non-hydrogen) atoms. The molecule has 0 bridgehead atoms. The Balaban J connectivity index is 1.81. The van der Waals surface area contributed by atoms with Crippen LogP contribution >= 0.6 is 23.2 Å². The van der Waals surface area contributed by atoms with Gasteiger partial charge in [0.1, 0.15) is 5.15 Å². The molecule has 2 nitrogen and oxygen atoms in total. The lowest BCUT2D eigenvalue weighted by molar-refractivity contribution is 0.673. The number of halogens is 2. The maximum absolute atomic E-state index is 6.17. The quantitative estimate of drug-likeness (QED) is 0.818. The van der Waals surface area contributed by atoms with Crippen molar-refractivity contribution in [1.82, 2.24) is 9.78 Å². The lowest BCUT2D eigenvalue weighted by Gasteiger charge is -2.03. The van der Waals surface area contributed by atoms with Crippen molar-refractivity contribution in [2.45, 2.75) is 25.3 Å². The van der Waals surface area contributed by atoms with E-state index in [4.69, 9.17) is 23.2 Å². The van der Waals surface area contributed by atoms with E-state index >= 15 is 0 Å². The molecule has 0 amide bonds. The van der Waals surface area contributed by atoms with Crippen LogP contribution in [-0.4, -0.2) is 9.78 Å². The zero-order chi connectivity index (χ0) is 11.8. The van der Waals surface area contributed by atoms with Crippen molar-refractivity contribution in [3.05, 3.63) is 51.8 Å². The minimum atomic E-state index is 0.638. The second-order valence-electron chi connectivity index (χ2n) is 4.45. The predicted molar refractivity (Wildman–Crippen MR) is 69.8 cm³/mol. The third-order valence-corrected chi connectivity index (χ3v) is 3.55. The van der Waals surface area contributed by atoms with Crippen LogP contribution < -0.4 is 0 Å². The van der Waals surface area contributed by atoms with E-state index < -0.39 is 0 Å². The summed E-state index contributed by atoms with van der Waals surface area (Å²) in [5.41, 5.74) is 2.28. The first-order valence-electron chi connectivity index (χ1n) is 5.70. The summed E-state index contributed by atoms with van der Waals surface area (Å²) in [6.45, 7) is 0.697. The minimum Gasteiger partial charge on any atom is -0.249 e. The Morgan fingerprint density at radius 2 is 1.88 bits per heavy atom. The molecule has 0 unspecified atom stereocenters. The molecule has 88 valence electrons. The Labute approximate surface area is 110 Å². The van der Waals surface area contributed by atoms with Gasteiger partial charge in [0.25, 0.3) is 0 Å². The van der Waals surface area contributed by atoms with Crippen LogP contribution in [0.25, 0.3) is 0 Å². The molecule has 0 N–H and O–H groups in total. The Morgan fingerprint density at radius 3 is 2.53 bits per heavy atom. The molecule has 1 heterocycles. The number of benzene rings is 1. The lowest BCUT2D eigenvalue weighted by Crippen LogP contribution is -2.02. The first kappa shape index (κ1) is 11.1. The smallest absolute Gasteiger partial charge is 0.127 e. The van der Waals surface area contributed by atoms with Crippen molar-refractivity contribution in [2.24, 2.45) is 0 Å². The van der Waals surface area contributed by atoms with Gasteiger partial charge in [-0.1, -0.05) is 35.3 Å². The minimum absolute atomic E-state index is 0.638. The van der Waals surface area contributed by atoms with Gasteiger partial charge >= 0.3 is 0 Å². The number of rotatable bonds is 3. The van der Waals surface area contributed by atoms with Crippen LogP contribution in [0.3, 0.4) is 0 Å². The number of hydrogen-bond acceptors (Lipinski definition) is 1. The molecule has 1 saturated carbocycles. The van der Waals surface area contributed by atoms with Crippen molar-refractivity contribution >= 4 is 23.2 Å². The van der Waals surface area contributed by atoms with E-state index in [0.29, 0.717) is 17.6 Å². The predicted octanol–water partition coefficient (Wildman–Crippen LogP) is 4.12. The molecule has 0 aliphatic heterocycles. The van der Waals surface area contributed by atoms with E-state index in [0.717, 1.165) is 16.3 Å². The Bertz CT molecular complexity index is 527. The van der Waals surface area contributed by atoms with Crippen molar-refractivity contribution in [3.8, 4) is 0 Å². The molecule has 4 heteroatoms. The van der Waals surface area contributed by atoms with Gasteiger partial charge in [-0.05, 0) is 36.6 Å². The van der Waals surface area contributed by atoms with Gasteiger partial charge in [0.05, 0.1) is 12.2 Å². The van der Waals surface area contributed by atoms with Crippen LogP contribution in [0.5, 0.6) is 0 Å². The Hall–Kier alpha value is -0.990. The summed E-state index contributed by atoms with van der Waals surface area (Å²) < 4.78 is 1.85. The summed E-state index contributed by atoms with van der Waals surface area (Å²) in [7, 11) is 0. The highest BCUT2D eigenvalue weighted by Gasteiger charge is 2.26. The fraction of sp³-hybridized carbons (Fsp3) is 0.308. The number of aromatic nitrogens is 2. The highest BCUT2D eigenvalue weighted by molar-refractivity contribution is 6.30. The molecular weight excluding hydrogens is 255 g/mol. The molecule has 0 spiro atoms. The van der Waals surface area contributed by atoms with Crippen molar-refractivity contribution in [1.29, 1.82) is 0 Å². The SMILES string of the molecule is Clc1ccc(Cn2nc(C3CC3)cc2Cl)cc1. The summed E-state index contributed by atoms with van der Waals surface area (Å²) in [5, 5.41) is 6.00. The van der Waals surface area contributed by atoms with Gasteiger partial charge in [0, 0.05) is 10.9 Å². The Morgan fingerprint density at radius 1 is 1.18 bits per heavy atom. The lowest BCUT2D eigenvalue weighted by atomic mass is 10.2. The van der Waals surface area contributed by atoms with E-state index in [2.05, 4.69) is 5.10 Å². The zero-order valence-electron chi connectivity index (χ0n) is 9.24. The standard InChI is InChI=1S/C13H12Cl2N2/c14-11-5-1-9(2-6-11)8-17-13(15)7-12(16-17)10-3-4-10/h1-2,5-7,10H,3-4,8H2. The average Bonchev–Trinajstić information content (AvgIpc) is 3.09. The monoisotopic (exact) mass is 266 g/mol. The molecular formula is C13H12Cl2N2. The Kier molecular flexibility index (Phi) is 2.85. The van der Waals surface area contributed by atoms with Gasteiger partial charge in [-0.2, -0.15) is 5.10 Å². The van der Waals surface area contributed by atoms with Crippen LogP contribution in [0, 0.1) is 0 Å². The second kappa shape index (κ2) is 4.35. The highest BCUT2D eigenvalue weighted by Crippen LogP contribution is 2.40. The van der Waals surface area contributed by atoms with E-state index in [-0.39, 0.29) is 0 Å². The number of hydrogen-bond donors (Lipinski definition) is 0. The van der Waals surface area contributed by atoms with Crippen molar-refractivity contribution < 1.29 is 0 Å². The van der Waals surface area contributed by atoms with E-state index in [9.17, 15) is 0 Å². The van der Waals surface area contributed by atoms with E-state index in [1.54, 1.807) is 0 Å². The van der Waals surface area contributed by atoms with Gasteiger partial charge in [-0.3, -0.25) is 0 Å². The molecule has 1 aliphatic carbocycles. The van der Waals surface area contributed by atoms with E-state index in [1.165, 1.54) is 12.8 Å². The molecule has 2 aromatic rings.